The lowest BCUT2D eigenvalue weighted by atomic mass is 10.1. The summed E-state index contributed by atoms with van der Waals surface area (Å²) in [6.45, 7) is 3.74. The second kappa shape index (κ2) is 9.01. The maximum absolute atomic E-state index is 12.7. The van der Waals surface area contributed by atoms with Crippen LogP contribution in [0.4, 0.5) is 11.4 Å². The van der Waals surface area contributed by atoms with Crippen molar-refractivity contribution in [3.05, 3.63) is 60.2 Å². The number of hydrogen-bond donors (Lipinski definition) is 3. The second-order valence-corrected chi connectivity index (χ2v) is 6.62. The van der Waals surface area contributed by atoms with Crippen LogP contribution in [0.15, 0.2) is 59.6 Å². The van der Waals surface area contributed by atoms with E-state index >= 15 is 0 Å². The molecular weight excluding hydrogens is 370 g/mol. The van der Waals surface area contributed by atoms with Gasteiger partial charge in [-0.1, -0.05) is 37.3 Å². The molecular formula is C21H23N5O3. The fourth-order valence-corrected chi connectivity index (χ4v) is 2.70. The van der Waals surface area contributed by atoms with Gasteiger partial charge in [-0.05, 0) is 37.6 Å². The van der Waals surface area contributed by atoms with E-state index in [-0.39, 0.29) is 30.2 Å². The highest BCUT2D eigenvalue weighted by Crippen LogP contribution is 2.17. The van der Waals surface area contributed by atoms with Gasteiger partial charge in [-0.2, -0.15) is 0 Å². The maximum atomic E-state index is 12.7. The number of hydrogen-bond acceptors (Lipinski definition) is 5. The first-order valence-electron chi connectivity index (χ1n) is 9.40. The molecule has 0 aliphatic carbocycles. The first-order chi connectivity index (χ1) is 14.0. The zero-order valence-corrected chi connectivity index (χ0v) is 16.3. The quantitative estimate of drug-likeness (QED) is 0.699. The molecule has 0 aromatic heterocycles. The molecule has 0 saturated carbocycles. The molecule has 2 aromatic rings. The van der Waals surface area contributed by atoms with Gasteiger partial charge in [0.2, 0.25) is 5.84 Å². The molecule has 3 N–H and O–H groups in total. The average Bonchev–Trinajstić information content (AvgIpc) is 2.74. The van der Waals surface area contributed by atoms with Gasteiger partial charge >= 0.3 is 0 Å². The first-order valence-corrected chi connectivity index (χ1v) is 9.40. The van der Waals surface area contributed by atoms with Crippen LogP contribution in [0.3, 0.4) is 0 Å². The van der Waals surface area contributed by atoms with Gasteiger partial charge < -0.3 is 10.6 Å². The number of benzene rings is 2. The van der Waals surface area contributed by atoms with Crippen molar-refractivity contribution in [2.75, 3.05) is 16.9 Å². The number of rotatable bonds is 6. The van der Waals surface area contributed by atoms with E-state index in [2.05, 4.69) is 21.1 Å². The molecule has 2 aromatic carbocycles. The minimum atomic E-state index is -0.540. The van der Waals surface area contributed by atoms with E-state index in [0.717, 1.165) is 6.42 Å². The number of amidine groups is 1. The van der Waals surface area contributed by atoms with E-state index in [9.17, 15) is 14.4 Å². The summed E-state index contributed by atoms with van der Waals surface area (Å²) < 4.78 is 0. The van der Waals surface area contributed by atoms with Gasteiger partial charge in [0.15, 0.2) is 0 Å². The molecule has 3 rings (SSSR count). The molecule has 1 aliphatic heterocycles. The number of para-hydroxylation sites is 2. The van der Waals surface area contributed by atoms with Gasteiger partial charge in [0, 0.05) is 6.04 Å². The Morgan fingerprint density at radius 3 is 2.52 bits per heavy atom. The molecule has 0 radical (unpaired) electrons. The third-order valence-corrected chi connectivity index (χ3v) is 4.48. The Morgan fingerprint density at radius 2 is 1.79 bits per heavy atom. The third-order valence-electron chi connectivity index (χ3n) is 4.48. The largest absolute Gasteiger partial charge is 0.350 e. The number of nitrogens with zero attached hydrogens (tertiary/aromatic N) is 2. The fourth-order valence-electron chi connectivity index (χ4n) is 2.70. The van der Waals surface area contributed by atoms with Crippen molar-refractivity contribution in [3.8, 4) is 0 Å². The van der Waals surface area contributed by atoms with Gasteiger partial charge in [0.25, 0.3) is 17.7 Å². The molecule has 3 amide bonds. The highest BCUT2D eigenvalue weighted by Gasteiger charge is 2.26. The SMILES string of the molecule is CC[C@@H](C)NC(=O)c1ccccc1NC(=O)C1=NCC(=O)N(c2ccccc2)N1. The van der Waals surface area contributed by atoms with Crippen molar-refractivity contribution >= 4 is 34.9 Å². The lowest BCUT2D eigenvalue weighted by Crippen LogP contribution is -2.54. The minimum absolute atomic E-state index is 0.00871. The van der Waals surface area contributed by atoms with E-state index in [0.29, 0.717) is 16.9 Å². The van der Waals surface area contributed by atoms with Crippen molar-refractivity contribution in [2.24, 2.45) is 4.99 Å². The Balaban J connectivity index is 1.75. The Kier molecular flexibility index (Phi) is 6.23. The Hall–Kier alpha value is -3.68. The van der Waals surface area contributed by atoms with E-state index < -0.39 is 5.91 Å². The normalized spacial score (nSPS) is 14.5. The Labute approximate surface area is 169 Å². The summed E-state index contributed by atoms with van der Waals surface area (Å²) in [7, 11) is 0. The van der Waals surface area contributed by atoms with Crippen LogP contribution >= 0.6 is 0 Å². The summed E-state index contributed by atoms with van der Waals surface area (Å²) in [5, 5.41) is 6.87. The molecule has 0 fully saturated rings. The molecule has 29 heavy (non-hydrogen) atoms. The zero-order chi connectivity index (χ0) is 20.8. The highest BCUT2D eigenvalue weighted by atomic mass is 16.2. The number of amides is 3. The predicted molar refractivity (Wildman–Crippen MR) is 112 cm³/mol. The Morgan fingerprint density at radius 1 is 1.10 bits per heavy atom. The molecule has 1 atom stereocenters. The van der Waals surface area contributed by atoms with Crippen LogP contribution in [0.25, 0.3) is 0 Å². The standard InChI is InChI=1S/C21H23N5O3/c1-3-14(2)23-20(28)16-11-7-8-12-17(16)24-21(29)19-22-13-18(27)26(25-19)15-9-5-4-6-10-15/h4-12,14H,3,13H2,1-2H3,(H,22,25)(H,23,28)(H,24,29)/t14-/m1/s1. The van der Waals surface area contributed by atoms with Crippen LogP contribution in [-0.4, -0.2) is 36.1 Å². The van der Waals surface area contributed by atoms with Crippen LogP contribution in [0.2, 0.25) is 0 Å². The van der Waals surface area contributed by atoms with Crippen LogP contribution in [0.5, 0.6) is 0 Å². The molecule has 150 valence electrons. The number of carbonyl (C=O) groups excluding carboxylic acids is 3. The van der Waals surface area contributed by atoms with E-state index in [1.54, 1.807) is 48.5 Å². The van der Waals surface area contributed by atoms with Crippen LogP contribution in [0, 0.1) is 0 Å². The predicted octanol–water partition coefficient (Wildman–Crippen LogP) is 2.10. The number of hydrazine groups is 1. The van der Waals surface area contributed by atoms with Crippen LogP contribution in [-0.2, 0) is 9.59 Å². The molecule has 8 nitrogen and oxygen atoms in total. The van der Waals surface area contributed by atoms with E-state index in [1.807, 2.05) is 19.9 Å². The topological polar surface area (TPSA) is 103 Å². The van der Waals surface area contributed by atoms with E-state index in [4.69, 9.17) is 0 Å². The van der Waals surface area contributed by atoms with E-state index in [1.165, 1.54) is 5.01 Å². The smallest absolute Gasteiger partial charge is 0.292 e. The van der Waals surface area contributed by atoms with Gasteiger partial charge in [0.1, 0.15) is 6.54 Å². The van der Waals surface area contributed by atoms with Gasteiger partial charge in [0.05, 0.1) is 16.9 Å². The second-order valence-electron chi connectivity index (χ2n) is 6.62. The van der Waals surface area contributed by atoms with Gasteiger partial charge in [-0.3, -0.25) is 24.8 Å². The first kappa shape index (κ1) is 20.1. The summed E-state index contributed by atoms with van der Waals surface area (Å²) in [6, 6.07) is 15.7. The highest BCUT2D eigenvalue weighted by molar-refractivity contribution is 6.43. The van der Waals surface area contributed by atoms with Crippen LogP contribution < -0.4 is 21.1 Å². The molecule has 8 heteroatoms. The summed E-state index contributed by atoms with van der Waals surface area (Å²) in [5.74, 6) is -1.09. The number of anilines is 2. The lowest BCUT2D eigenvalue weighted by molar-refractivity contribution is -0.118. The number of carbonyl (C=O) groups is 3. The minimum Gasteiger partial charge on any atom is -0.350 e. The van der Waals surface area contributed by atoms with Crippen molar-refractivity contribution < 1.29 is 14.4 Å². The third kappa shape index (κ3) is 4.78. The summed E-state index contributed by atoms with van der Waals surface area (Å²) in [5.41, 5.74) is 4.08. The molecule has 0 bridgehead atoms. The average molecular weight is 393 g/mol. The number of aliphatic imine (C=N–C) groups is 1. The van der Waals surface area contributed by atoms with Gasteiger partial charge in [-0.15, -0.1) is 0 Å². The molecule has 0 spiro atoms. The molecule has 1 aliphatic rings. The maximum Gasteiger partial charge on any atom is 0.292 e. The lowest BCUT2D eigenvalue weighted by Gasteiger charge is -2.27. The van der Waals surface area contributed by atoms with Crippen molar-refractivity contribution in [2.45, 2.75) is 26.3 Å². The van der Waals surface area contributed by atoms with Gasteiger partial charge in [-0.25, -0.2) is 5.01 Å². The fraction of sp³-hybridized carbons (Fsp3) is 0.238. The molecule has 0 saturated heterocycles. The Bertz CT molecular complexity index is 942. The summed E-state index contributed by atoms with van der Waals surface area (Å²) in [6.07, 6.45) is 0.796. The van der Waals surface area contributed by atoms with Crippen LogP contribution in [0.1, 0.15) is 30.6 Å². The zero-order valence-electron chi connectivity index (χ0n) is 16.3. The molecule has 0 unspecified atom stereocenters. The summed E-state index contributed by atoms with van der Waals surface area (Å²) in [4.78, 5) is 41.4. The van der Waals surface area contributed by atoms with Crippen molar-refractivity contribution in [1.29, 1.82) is 0 Å². The van der Waals surface area contributed by atoms with Crippen molar-refractivity contribution in [3.63, 3.8) is 0 Å². The number of nitrogens with one attached hydrogen (secondary N) is 3. The summed E-state index contributed by atoms with van der Waals surface area (Å²) >= 11 is 0. The monoisotopic (exact) mass is 393 g/mol. The van der Waals surface area contributed by atoms with Crippen molar-refractivity contribution in [1.82, 2.24) is 10.7 Å². The molecule has 1 heterocycles.